The van der Waals surface area contributed by atoms with Crippen LogP contribution in [0.5, 0.6) is 0 Å². The van der Waals surface area contributed by atoms with Gasteiger partial charge < -0.3 is 0 Å². The van der Waals surface area contributed by atoms with Gasteiger partial charge in [0.2, 0.25) is 23.3 Å². The number of nitrogens with zero attached hydrogens (tertiary/aromatic N) is 8. The Kier molecular flexibility index (Phi) is 5.65. The van der Waals surface area contributed by atoms with E-state index in [4.69, 9.17) is 0 Å². The summed E-state index contributed by atoms with van der Waals surface area (Å²) in [5, 5.41) is 34.8. The molecule has 36 heavy (non-hydrogen) atoms. The first-order chi connectivity index (χ1) is 17.9. The third kappa shape index (κ3) is 4.19. The monoisotopic (exact) mass is 466 g/mol. The summed E-state index contributed by atoms with van der Waals surface area (Å²) in [6.07, 6.45) is 0. The van der Waals surface area contributed by atoms with Crippen LogP contribution in [0.15, 0.2) is 109 Å². The average Bonchev–Trinajstić information content (AvgIpc) is 2.98. The lowest BCUT2D eigenvalue weighted by Gasteiger charge is -2.12. The molecular weight excluding hydrogens is 448 g/mol. The third-order valence-electron chi connectivity index (χ3n) is 5.65. The van der Waals surface area contributed by atoms with Crippen LogP contribution in [0.25, 0.3) is 56.7 Å². The summed E-state index contributed by atoms with van der Waals surface area (Å²) in [6.45, 7) is 0. The lowest BCUT2D eigenvalue weighted by Crippen LogP contribution is -2.02. The zero-order valence-corrected chi connectivity index (χ0v) is 19.0. The van der Waals surface area contributed by atoms with E-state index in [0.717, 1.165) is 33.4 Å². The Morgan fingerprint density at radius 2 is 0.528 bits per heavy atom. The first-order valence-electron chi connectivity index (χ1n) is 11.3. The van der Waals surface area contributed by atoms with Crippen molar-refractivity contribution in [3.63, 3.8) is 0 Å². The van der Waals surface area contributed by atoms with Gasteiger partial charge in [0.15, 0.2) is 0 Å². The van der Waals surface area contributed by atoms with Crippen LogP contribution < -0.4 is 0 Å². The number of hydrogen-bond acceptors (Lipinski definition) is 8. The quantitative estimate of drug-likeness (QED) is 0.342. The van der Waals surface area contributed by atoms with E-state index in [2.05, 4.69) is 40.8 Å². The fraction of sp³-hybridized carbons (Fsp3) is 0. The van der Waals surface area contributed by atoms with Crippen LogP contribution in [-0.2, 0) is 0 Å². The van der Waals surface area contributed by atoms with Crippen LogP contribution in [0.2, 0.25) is 0 Å². The maximum atomic E-state index is 4.38. The molecule has 0 amide bonds. The summed E-state index contributed by atoms with van der Waals surface area (Å²) >= 11 is 0. The first-order valence-corrected chi connectivity index (χ1v) is 11.3. The number of benzene rings is 4. The maximum absolute atomic E-state index is 4.38. The Balaban J connectivity index is 1.39. The van der Waals surface area contributed by atoms with E-state index < -0.39 is 0 Å². The van der Waals surface area contributed by atoms with E-state index in [0.29, 0.717) is 23.3 Å². The number of rotatable bonds is 5. The van der Waals surface area contributed by atoms with Gasteiger partial charge in [0.1, 0.15) is 0 Å². The second kappa shape index (κ2) is 9.55. The van der Waals surface area contributed by atoms with Crippen molar-refractivity contribution in [3.05, 3.63) is 109 Å². The minimum Gasteiger partial charge on any atom is -0.126 e. The molecule has 0 atom stereocenters. The second-order valence-electron chi connectivity index (χ2n) is 7.92. The summed E-state index contributed by atoms with van der Waals surface area (Å²) in [5.41, 5.74) is 5.12. The first kappa shape index (κ1) is 21.3. The van der Waals surface area contributed by atoms with Crippen LogP contribution >= 0.6 is 0 Å². The molecule has 0 aliphatic carbocycles. The molecule has 0 fully saturated rings. The Bertz CT molecular complexity index is 1480. The second-order valence-corrected chi connectivity index (χ2v) is 7.92. The SMILES string of the molecule is c1ccc(-c2nnc(-c3ccccc3-c3ccccc3-c3nnc(-c4ccccc4)nn3)nn2)cc1. The van der Waals surface area contributed by atoms with Crippen LogP contribution in [-0.4, -0.2) is 40.8 Å². The van der Waals surface area contributed by atoms with Gasteiger partial charge in [-0.3, -0.25) is 0 Å². The summed E-state index contributed by atoms with van der Waals surface area (Å²) < 4.78 is 0. The van der Waals surface area contributed by atoms with Crippen LogP contribution in [0.4, 0.5) is 0 Å². The molecule has 2 aromatic heterocycles. The van der Waals surface area contributed by atoms with E-state index in [1.807, 2.05) is 109 Å². The minimum absolute atomic E-state index is 0.427. The molecule has 0 bridgehead atoms. The lowest BCUT2D eigenvalue weighted by atomic mass is 9.95. The summed E-state index contributed by atoms with van der Waals surface area (Å²) in [4.78, 5) is 0. The van der Waals surface area contributed by atoms with Gasteiger partial charge in [-0.05, 0) is 11.1 Å². The number of aromatic nitrogens is 8. The topological polar surface area (TPSA) is 103 Å². The zero-order chi connectivity index (χ0) is 24.2. The molecule has 2 heterocycles. The standard InChI is InChI=1S/C28H18N8/c1-3-11-19(12-4-1)25-29-33-27(34-30-25)23-17-9-7-15-21(23)22-16-8-10-18-24(22)28-35-31-26(32-36-28)20-13-5-2-6-14-20/h1-18H. The van der Waals surface area contributed by atoms with Gasteiger partial charge in [-0.15, -0.1) is 40.8 Å². The molecule has 8 heteroatoms. The number of hydrogen-bond donors (Lipinski definition) is 0. The van der Waals surface area contributed by atoms with E-state index >= 15 is 0 Å². The van der Waals surface area contributed by atoms with E-state index in [-0.39, 0.29) is 0 Å². The largest absolute Gasteiger partial charge is 0.204 e. The van der Waals surface area contributed by atoms with E-state index in [1.54, 1.807) is 0 Å². The molecule has 0 saturated carbocycles. The normalized spacial score (nSPS) is 10.8. The zero-order valence-electron chi connectivity index (χ0n) is 19.0. The molecule has 8 nitrogen and oxygen atoms in total. The fourth-order valence-electron chi connectivity index (χ4n) is 3.91. The van der Waals surface area contributed by atoms with Gasteiger partial charge in [0.05, 0.1) is 0 Å². The van der Waals surface area contributed by atoms with Crippen molar-refractivity contribution in [2.75, 3.05) is 0 Å². The van der Waals surface area contributed by atoms with Gasteiger partial charge in [0.25, 0.3) is 0 Å². The van der Waals surface area contributed by atoms with Gasteiger partial charge in [-0.2, -0.15) is 0 Å². The highest BCUT2D eigenvalue weighted by Gasteiger charge is 2.17. The highest BCUT2D eigenvalue weighted by Crippen LogP contribution is 2.35. The summed E-state index contributed by atoms with van der Waals surface area (Å²) in [7, 11) is 0. The molecule has 0 aliphatic heterocycles. The average molecular weight is 467 g/mol. The fourth-order valence-corrected chi connectivity index (χ4v) is 3.91. The molecule has 0 N–H and O–H groups in total. The maximum Gasteiger partial charge on any atom is 0.204 e. The third-order valence-corrected chi connectivity index (χ3v) is 5.65. The highest BCUT2D eigenvalue weighted by molar-refractivity contribution is 5.88. The van der Waals surface area contributed by atoms with Crippen molar-refractivity contribution in [3.8, 4) is 56.7 Å². The van der Waals surface area contributed by atoms with Crippen molar-refractivity contribution in [2.24, 2.45) is 0 Å². The molecule has 0 radical (unpaired) electrons. The molecule has 0 aliphatic rings. The molecule has 0 spiro atoms. The molecule has 4 aromatic carbocycles. The van der Waals surface area contributed by atoms with Gasteiger partial charge in [0, 0.05) is 22.3 Å². The highest BCUT2D eigenvalue weighted by atomic mass is 15.3. The van der Waals surface area contributed by atoms with Gasteiger partial charge >= 0.3 is 0 Å². The Morgan fingerprint density at radius 1 is 0.250 bits per heavy atom. The molecule has 6 aromatic rings. The summed E-state index contributed by atoms with van der Waals surface area (Å²) in [5.74, 6) is 1.80. The Morgan fingerprint density at radius 3 is 0.889 bits per heavy atom. The Labute approximate surface area is 206 Å². The Hall–Kier alpha value is -5.24. The van der Waals surface area contributed by atoms with Crippen molar-refractivity contribution in [1.82, 2.24) is 40.8 Å². The molecule has 0 saturated heterocycles. The minimum atomic E-state index is 0.427. The van der Waals surface area contributed by atoms with Gasteiger partial charge in [-0.1, -0.05) is 109 Å². The van der Waals surface area contributed by atoms with Gasteiger partial charge in [-0.25, -0.2) is 0 Å². The van der Waals surface area contributed by atoms with Crippen molar-refractivity contribution >= 4 is 0 Å². The van der Waals surface area contributed by atoms with E-state index in [1.165, 1.54) is 0 Å². The smallest absolute Gasteiger partial charge is 0.126 e. The lowest BCUT2D eigenvalue weighted by molar-refractivity contribution is 0.875. The predicted molar refractivity (Wildman–Crippen MR) is 136 cm³/mol. The molecule has 6 rings (SSSR count). The summed E-state index contributed by atoms with van der Waals surface area (Å²) in [6, 6.07) is 35.0. The predicted octanol–water partition coefficient (Wildman–Crippen LogP) is 5.18. The van der Waals surface area contributed by atoms with Crippen molar-refractivity contribution in [1.29, 1.82) is 0 Å². The van der Waals surface area contributed by atoms with Crippen LogP contribution in [0, 0.1) is 0 Å². The van der Waals surface area contributed by atoms with E-state index in [9.17, 15) is 0 Å². The molecule has 0 unspecified atom stereocenters. The molecule has 170 valence electrons. The van der Waals surface area contributed by atoms with Crippen LogP contribution in [0.3, 0.4) is 0 Å². The van der Waals surface area contributed by atoms with Crippen LogP contribution in [0.1, 0.15) is 0 Å². The van der Waals surface area contributed by atoms with Crippen molar-refractivity contribution < 1.29 is 0 Å². The van der Waals surface area contributed by atoms with Crippen molar-refractivity contribution in [2.45, 2.75) is 0 Å². The molecular formula is C28H18N8.